The number of aromatic nitrogens is 3. The van der Waals surface area contributed by atoms with E-state index in [0.29, 0.717) is 0 Å². The Bertz CT molecular complexity index is 390. The fraction of sp³-hybridized carbons (Fsp3) is 0.400. The summed E-state index contributed by atoms with van der Waals surface area (Å²) in [5, 5.41) is 4.13. The molecular formula is C10H15N3. The van der Waals surface area contributed by atoms with Crippen LogP contribution in [0.5, 0.6) is 0 Å². The predicted octanol–water partition coefficient (Wildman–Crippen LogP) is 2.37. The van der Waals surface area contributed by atoms with Crippen LogP contribution < -0.4 is 0 Å². The normalized spacial score (nSPS) is 9.54. The summed E-state index contributed by atoms with van der Waals surface area (Å²) < 4.78 is 1.80. The van der Waals surface area contributed by atoms with Gasteiger partial charge in [0.05, 0.1) is 6.20 Å². The third kappa shape index (κ3) is 1.86. The maximum atomic E-state index is 4.24. The van der Waals surface area contributed by atoms with Crippen LogP contribution in [0.2, 0.25) is 0 Å². The summed E-state index contributed by atoms with van der Waals surface area (Å²) in [7, 11) is 0. The molecule has 0 aliphatic heterocycles. The maximum absolute atomic E-state index is 4.24. The van der Waals surface area contributed by atoms with E-state index in [9.17, 15) is 0 Å². The van der Waals surface area contributed by atoms with Crippen molar-refractivity contribution in [2.75, 3.05) is 0 Å². The third-order valence-corrected chi connectivity index (χ3v) is 1.66. The molecule has 2 heterocycles. The van der Waals surface area contributed by atoms with Gasteiger partial charge in [-0.25, -0.2) is 9.50 Å². The summed E-state index contributed by atoms with van der Waals surface area (Å²) in [4.78, 5) is 4.24. The topological polar surface area (TPSA) is 30.2 Å². The van der Waals surface area contributed by atoms with Gasteiger partial charge >= 0.3 is 0 Å². The minimum absolute atomic E-state index is 0.940. The molecule has 70 valence electrons. The summed E-state index contributed by atoms with van der Waals surface area (Å²) in [6, 6.07) is 0. The molecule has 0 atom stereocenters. The van der Waals surface area contributed by atoms with Crippen LogP contribution in [0.15, 0.2) is 18.6 Å². The van der Waals surface area contributed by atoms with Crippen molar-refractivity contribution in [2.45, 2.75) is 27.7 Å². The van der Waals surface area contributed by atoms with Gasteiger partial charge in [0.25, 0.3) is 0 Å². The average molecular weight is 177 g/mol. The lowest BCUT2D eigenvalue weighted by Gasteiger charge is -1.93. The van der Waals surface area contributed by atoms with Crippen molar-refractivity contribution in [1.29, 1.82) is 0 Å². The second kappa shape index (κ2) is 4.03. The second-order valence-electron chi connectivity index (χ2n) is 2.73. The maximum Gasteiger partial charge on any atom is 0.157 e. The van der Waals surface area contributed by atoms with Gasteiger partial charge < -0.3 is 0 Å². The predicted molar refractivity (Wildman–Crippen MR) is 53.8 cm³/mol. The lowest BCUT2D eigenvalue weighted by Crippen LogP contribution is -1.90. The minimum Gasteiger partial charge on any atom is -0.236 e. The van der Waals surface area contributed by atoms with E-state index in [1.54, 1.807) is 4.52 Å². The third-order valence-electron chi connectivity index (χ3n) is 1.66. The van der Waals surface area contributed by atoms with E-state index in [2.05, 4.69) is 10.1 Å². The Morgan fingerprint density at radius 3 is 2.54 bits per heavy atom. The molecule has 2 aromatic heterocycles. The van der Waals surface area contributed by atoms with E-state index in [-0.39, 0.29) is 0 Å². The summed E-state index contributed by atoms with van der Waals surface area (Å²) in [6.07, 6.45) is 5.64. The molecular weight excluding hydrogens is 162 g/mol. The van der Waals surface area contributed by atoms with E-state index < -0.39 is 0 Å². The molecule has 0 aromatic carbocycles. The highest BCUT2D eigenvalue weighted by atomic mass is 15.2. The van der Waals surface area contributed by atoms with Gasteiger partial charge in [0.15, 0.2) is 5.65 Å². The molecule has 2 aromatic rings. The lowest BCUT2D eigenvalue weighted by atomic mass is 10.3. The first-order valence-electron chi connectivity index (χ1n) is 4.54. The second-order valence-corrected chi connectivity index (χ2v) is 2.73. The molecule has 3 heteroatoms. The number of rotatable bonds is 0. The van der Waals surface area contributed by atoms with Crippen molar-refractivity contribution in [1.82, 2.24) is 14.6 Å². The molecule has 0 saturated carbocycles. The highest BCUT2D eigenvalue weighted by molar-refractivity contribution is 5.44. The van der Waals surface area contributed by atoms with Crippen LogP contribution >= 0.6 is 0 Å². The molecule has 0 saturated heterocycles. The molecule has 0 spiro atoms. The molecule has 0 unspecified atom stereocenters. The minimum atomic E-state index is 0.940. The Labute approximate surface area is 78.4 Å². The van der Waals surface area contributed by atoms with Gasteiger partial charge in [0.1, 0.15) is 0 Å². The van der Waals surface area contributed by atoms with Crippen molar-refractivity contribution < 1.29 is 0 Å². The summed E-state index contributed by atoms with van der Waals surface area (Å²) in [6.45, 7) is 8.01. The summed E-state index contributed by atoms with van der Waals surface area (Å²) >= 11 is 0. The van der Waals surface area contributed by atoms with Crippen LogP contribution in [0.25, 0.3) is 5.65 Å². The molecule has 0 N–H and O–H groups in total. The number of aryl methyl sites for hydroxylation is 2. The molecule has 0 fully saturated rings. The zero-order chi connectivity index (χ0) is 9.84. The van der Waals surface area contributed by atoms with E-state index in [1.165, 1.54) is 0 Å². The van der Waals surface area contributed by atoms with Gasteiger partial charge in [-0.3, -0.25) is 0 Å². The fourth-order valence-corrected chi connectivity index (χ4v) is 1.09. The standard InChI is InChI=1S/C8H9N3.C2H6/c1-6-3-9-8-7(2)4-10-11(8)5-6;1-2/h3-5H,1-2H3;1-2H3. The highest BCUT2D eigenvalue weighted by Crippen LogP contribution is 2.05. The Morgan fingerprint density at radius 2 is 1.85 bits per heavy atom. The van der Waals surface area contributed by atoms with Gasteiger partial charge in [0, 0.05) is 18.0 Å². The zero-order valence-electron chi connectivity index (χ0n) is 8.57. The van der Waals surface area contributed by atoms with Gasteiger partial charge in [-0.1, -0.05) is 13.8 Å². The van der Waals surface area contributed by atoms with Gasteiger partial charge in [-0.15, -0.1) is 0 Å². The lowest BCUT2D eigenvalue weighted by molar-refractivity contribution is 0.928. The largest absolute Gasteiger partial charge is 0.236 e. The number of hydrogen-bond acceptors (Lipinski definition) is 2. The molecule has 0 radical (unpaired) electrons. The Kier molecular flexibility index (Phi) is 3.01. The molecule has 0 aliphatic carbocycles. The van der Waals surface area contributed by atoms with Gasteiger partial charge in [0.2, 0.25) is 0 Å². The van der Waals surface area contributed by atoms with Crippen LogP contribution in [0.1, 0.15) is 25.0 Å². The molecule has 3 nitrogen and oxygen atoms in total. The van der Waals surface area contributed by atoms with Crippen LogP contribution in [0.4, 0.5) is 0 Å². The van der Waals surface area contributed by atoms with Crippen molar-refractivity contribution in [3.05, 3.63) is 29.7 Å². The SMILES string of the molecule is CC.Cc1cnc2c(C)cnn2c1. The van der Waals surface area contributed by atoms with Crippen molar-refractivity contribution in [3.8, 4) is 0 Å². The van der Waals surface area contributed by atoms with Crippen LogP contribution in [-0.2, 0) is 0 Å². The zero-order valence-corrected chi connectivity index (χ0v) is 8.57. The van der Waals surface area contributed by atoms with E-state index in [4.69, 9.17) is 0 Å². The number of hydrogen-bond donors (Lipinski definition) is 0. The summed E-state index contributed by atoms with van der Waals surface area (Å²) in [5.41, 5.74) is 3.18. The average Bonchev–Trinajstić information content (AvgIpc) is 2.51. The van der Waals surface area contributed by atoms with Gasteiger partial charge in [-0.2, -0.15) is 5.10 Å². The molecule has 0 amide bonds. The Morgan fingerprint density at radius 1 is 1.15 bits per heavy atom. The van der Waals surface area contributed by atoms with Crippen molar-refractivity contribution in [2.24, 2.45) is 0 Å². The first-order valence-corrected chi connectivity index (χ1v) is 4.54. The van der Waals surface area contributed by atoms with Crippen LogP contribution in [-0.4, -0.2) is 14.6 Å². The Balaban J connectivity index is 0.000000396. The fourth-order valence-electron chi connectivity index (χ4n) is 1.09. The molecule has 2 rings (SSSR count). The van der Waals surface area contributed by atoms with Crippen molar-refractivity contribution >= 4 is 5.65 Å². The van der Waals surface area contributed by atoms with E-state index in [1.807, 2.05) is 46.3 Å². The first-order chi connectivity index (χ1) is 6.27. The molecule has 13 heavy (non-hydrogen) atoms. The van der Waals surface area contributed by atoms with Crippen LogP contribution in [0.3, 0.4) is 0 Å². The van der Waals surface area contributed by atoms with E-state index in [0.717, 1.165) is 16.8 Å². The Hall–Kier alpha value is -1.38. The monoisotopic (exact) mass is 177 g/mol. The number of fused-ring (bicyclic) bond motifs is 1. The molecule has 0 bridgehead atoms. The smallest absolute Gasteiger partial charge is 0.157 e. The summed E-state index contributed by atoms with van der Waals surface area (Å²) in [5.74, 6) is 0. The van der Waals surface area contributed by atoms with E-state index >= 15 is 0 Å². The van der Waals surface area contributed by atoms with Gasteiger partial charge in [-0.05, 0) is 19.4 Å². The number of nitrogens with zero attached hydrogens (tertiary/aromatic N) is 3. The van der Waals surface area contributed by atoms with Crippen molar-refractivity contribution in [3.63, 3.8) is 0 Å². The first kappa shape index (κ1) is 9.71. The molecule has 0 aliphatic rings. The van der Waals surface area contributed by atoms with Crippen LogP contribution in [0, 0.1) is 13.8 Å². The quantitative estimate of drug-likeness (QED) is 0.618. The highest BCUT2D eigenvalue weighted by Gasteiger charge is 1.98.